The van der Waals surface area contributed by atoms with Gasteiger partial charge in [-0.05, 0) is 135 Å². The summed E-state index contributed by atoms with van der Waals surface area (Å²) in [6, 6.07) is -9.14. The zero-order valence-corrected chi connectivity index (χ0v) is 43.2. The standard InChI is InChI=1S/C48H86N14O10/c1-28(2)26-34(58-41(65)33(16-7-9-21-50)56-39(63)31(51)14-10-22-54-48(52)53)45(69)62-25-13-19-38(62)46(70)61-24-12-18-37(61)43(67)59-35(27-29(3)4)44(68)60-23-11-17-36(60)42(66)57-32(15-6-8-20-49)40(64)55-30(5)47(71)72/h28-38H,6-27,49-51H2,1-5H3,(H,55,64)(H,56,63)(H,57,66)(H,58,65)(H,59,67)(H,71,72)(H4,52,53,54)/t30-,31-,32-,33-,34-,35-,36-,37-,38-/m0/s1. The fourth-order valence-corrected chi connectivity index (χ4v) is 9.51. The lowest BCUT2D eigenvalue weighted by Gasteiger charge is -2.34. The van der Waals surface area contributed by atoms with Gasteiger partial charge in [-0.3, -0.25) is 48.1 Å². The van der Waals surface area contributed by atoms with Crippen LogP contribution in [0.2, 0.25) is 0 Å². The molecule has 24 heteroatoms. The van der Waals surface area contributed by atoms with Gasteiger partial charge in [-0.1, -0.05) is 27.7 Å². The second-order valence-corrected chi connectivity index (χ2v) is 20.3. The largest absolute Gasteiger partial charge is 0.480 e. The van der Waals surface area contributed by atoms with Gasteiger partial charge in [0.05, 0.1) is 6.04 Å². The molecule has 72 heavy (non-hydrogen) atoms. The summed E-state index contributed by atoms with van der Waals surface area (Å²) in [4.78, 5) is 132. The van der Waals surface area contributed by atoms with Crippen LogP contribution in [0.4, 0.5) is 0 Å². The summed E-state index contributed by atoms with van der Waals surface area (Å²) in [6.45, 7) is 10.6. The van der Waals surface area contributed by atoms with E-state index in [-0.39, 0.29) is 76.1 Å². The Labute approximate surface area is 424 Å². The van der Waals surface area contributed by atoms with E-state index >= 15 is 0 Å². The number of rotatable bonds is 30. The summed E-state index contributed by atoms with van der Waals surface area (Å²) in [5.74, 6) is -5.70. The van der Waals surface area contributed by atoms with Gasteiger partial charge in [0.25, 0.3) is 0 Å². The van der Waals surface area contributed by atoms with Gasteiger partial charge in [0.2, 0.25) is 47.3 Å². The Kier molecular flexibility index (Phi) is 25.6. The molecular weight excluding hydrogens is 933 g/mol. The summed E-state index contributed by atoms with van der Waals surface area (Å²) in [6.07, 6.45) is 6.20. The van der Waals surface area contributed by atoms with Crippen molar-refractivity contribution in [1.82, 2.24) is 41.3 Å². The van der Waals surface area contributed by atoms with Gasteiger partial charge in [0, 0.05) is 26.2 Å². The van der Waals surface area contributed by atoms with Gasteiger partial charge in [-0.25, -0.2) is 0 Å². The van der Waals surface area contributed by atoms with E-state index in [4.69, 9.17) is 28.7 Å². The van der Waals surface area contributed by atoms with Gasteiger partial charge < -0.3 is 75.1 Å². The van der Waals surface area contributed by atoms with Crippen molar-refractivity contribution >= 4 is 59.2 Å². The lowest BCUT2D eigenvalue weighted by atomic mass is 10.0. The number of hydrogen-bond acceptors (Lipinski definition) is 13. The first-order valence-electron chi connectivity index (χ1n) is 26.0. The first-order chi connectivity index (χ1) is 34.1. The van der Waals surface area contributed by atoms with Crippen molar-refractivity contribution in [3.63, 3.8) is 0 Å². The van der Waals surface area contributed by atoms with E-state index in [0.717, 1.165) is 0 Å². The molecule has 0 spiro atoms. The van der Waals surface area contributed by atoms with Crippen molar-refractivity contribution in [2.45, 2.75) is 192 Å². The van der Waals surface area contributed by atoms with Crippen LogP contribution in [-0.4, -0.2) is 173 Å². The number of unbranched alkanes of at least 4 members (excludes halogenated alkanes) is 2. The molecule has 0 unspecified atom stereocenters. The van der Waals surface area contributed by atoms with Gasteiger partial charge in [-0.2, -0.15) is 0 Å². The highest BCUT2D eigenvalue weighted by molar-refractivity contribution is 5.98. The average Bonchev–Trinajstić information content (AvgIpc) is 4.13. The number of carbonyl (C=O) groups is 9. The van der Waals surface area contributed by atoms with E-state index in [0.29, 0.717) is 83.7 Å². The maximum atomic E-state index is 14.5. The Hall–Kier alpha value is -5.62. The molecule has 9 atom stereocenters. The van der Waals surface area contributed by atoms with E-state index in [1.807, 2.05) is 27.7 Å². The number of aliphatic carboxylic acids is 1. The minimum atomic E-state index is -1.24. The molecule has 3 aliphatic heterocycles. The third-order valence-corrected chi connectivity index (χ3v) is 13.3. The number of carboxylic acid groups (broad SMARTS) is 1. The van der Waals surface area contributed by atoms with Crippen LogP contribution in [-0.2, 0) is 43.2 Å². The van der Waals surface area contributed by atoms with E-state index in [9.17, 15) is 48.3 Å². The number of aliphatic imine (C=N–C) groups is 1. The monoisotopic (exact) mass is 1020 g/mol. The number of amides is 8. The van der Waals surface area contributed by atoms with Gasteiger partial charge in [0.15, 0.2) is 5.96 Å². The predicted octanol–water partition coefficient (Wildman–Crippen LogP) is -1.78. The normalized spacial score (nSPS) is 20.2. The predicted molar refractivity (Wildman–Crippen MR) is 270 cm³/mol. The van der Waals surface area contributed by atoms with Crippen LogP contribution in [0, 0.1) is 11.8 Å². The molecule has 3 aliphatic rings. The maximum absolute atomic E-state index is 14.5. The first kappa shape index (κ1) is 60.7. The Bertz CT molecular complexity index is 1880. The second kappa shape index (κ2) is 30.4. The molecule has 0 aromatic heterocycles. The molecular formula is C48H86N14O10. The zero-order chi connectivity index (χ0) is 53.7. The molecule has 3 fully saturated rings. The summed E-state index contributed by atoms with van der Waals surface area (Å²) >= 11 is 0. The molecule has 3 rings (SSSR count). The van der Waals surface area contributed by atoms with Crippen LogP contribution < -0.4 is 55.3 Å². The highest BCUT2D eigenvalue weighted by atomic mass is 16.4. The fourth-order valence-electron chi connectivity index (χ4n) is 9.51. The van der Waals surface area contributed by atoms with Gasteiger partial charge in [-0.15, -0.1) is 0 Å². The molecule has 0 aromatic rings. The molecule has 3 heterocycles. The second-order valence-electron chi connectivity index (χ2n) is 20.3. The van der Waals surface area contributed by atoms with Crippen LogP contribution in [0.1, 0.15) is 137 Å². The number of nitrogens with zero attached hydrogens (tertiary/aromatic N) is 4. The van der Waals surface area contributed by atoms with E-state index in [1.165, 1.54) is 21.6 Å². The lowest BCUT2D eigenvalue weighted by molar-refractivity contribution is -0.149. The van der Waals surface area contributed by atoms with Gasteiger partial charge in [0.1, 0.15) is 48.3 Å². The summed E-state index contributed by atoms with van der Waals surface area (Å²) in [5, 5.41) is 23.0. The Morgan fingerprint density at radius 3 is 1.49 bits per heavy atom. The third-order valence-electron chi connectivity index (χ3n) is 13.3. The number of nitrogens with two attached hydrogens (primary N) is 5. The molecule has 16 N–H and O–H groups in total. The van der Waals surface area contributed by atoms with Crippen LogP contribution in [0.15, 0.2) is 4.99 Å². The van der Waals surface area contributed by atoms with E-state index in [1.54, 1.807) is 0 Å². The zero-order valence-electron chi connectivity index (χ0n) is 43.2. The van der Waals surface area contributed by atoms with Crippen molar-refractivity contribution in [3.8, 4) is 0 Å². The highest BCUT2D eigenvalue weighted by Crippen LogP contribution is 2.28. The maximum Gasteiger partial charge on any atom is 0.325 e. The molecule has 0 saturated carbocycles. The summed E-state index contributed by atoms with van der Waals surface area (Å²) in [7, 11) is 0. The molecule has 3 saturated heterocycles. The number of carbonyl (C=O) groups excluding carboxylic acids is 8. The summed E-state index contributed by atoms with van der Waals surface area (Å²) < 4.78 is 0. The lowest BCUT2D eigenvalue weighted by Crippen LogP contribution is -2.60. The molecule has 0 aliphatic carbocycles. The van der Waals surface area contributed by atoms with Crippen molar-refractivity contribution in [1.29, 1.82) is 0 Å². The van der Waals surface area contributed by atoms with E-state index in [2.05, 4.69) is 31.6 Å². The van der Waals surface area contributed by atoms with E-state index < -0.39 is 108 Å². The van der Waals surface area contributed by atoms with Crippen LogP contribution >= 0.6 is 0 Å². The fraction of sp³-hybridized carbons (Fsp3) is 0.792. The Morgan fingerprint density at radius 1 is 0.556 bits per heavy atom. The minimum absolute atomic E-state index is 0.0532. The molecule has 0 radical (unpaired) electrons. The van der Waals surface area contributed by atoms with Crippen LogP contribution in [0.3, 0.4) is 0 Å². The molecule has 24 nitrogen and oxygen atoms in total. The highest BCUT2D eigenvalue weighted by Gasteiger charge is 2.45. The number of hydrogen-bond donors (Lipinski definition) is 11. The van der Waals surface area contributed by atoms with Crippen molar-refractivity contribution in [3.05, 3.63) is 0 Å². The quantitative estimate of drug-likeness (QED) is 0.0215. The van der Waals surface area contributed by atoms with Crippen molar-refractivity contribution < 1.29 is 48.3 Å². The summed E-state index contributed by atoms with van der Waals surface area (Å²) in [5.41, 5.74) is 28.3. The molecule has 408 valence electrons. The smallest absolute Gasteiger partial charge is 0.325 e. The number of guanidine groups is 1. The van der Waals surface area contributed by atoms with Crippen LogP contribution in [0.25, 0.3) is 0 Å². The van der Waals surface area contributed by atoms with Crippen molar-refractivity contribution in [2.24, 2.45) is 45.5 Å². The molecule has 0 bridgehead atoms. The van der Waals surface area contributed by atoms with Crippen molar-refractivity contribution in [2.75, 3.05) is 39.3 Å². The SMILES string of the molecule is CC(C)C[C@H](NC(=O)[C@@H]1CCCN1C(=O)[C@@H]1CCCN1C(=O)[C@H](CC(C)C)NC(=O)[C@H](CCCCN)NC(=O)[C@@H](N)CCCN=C(N)N)C(=O)N1CCC[C@H]1C(=O)N[C@@H](CCCCN)C(=O)N[C@@H](C)C(=O)O. The van der Waals surface area contributed by atoms with Gasteiger partial charge >= 0.3 is 5.97 Å². The van der Waals surface area contributed by atoms with Crippen LogP contribution in [0.5, 0.6) is 0 Å². The average molecular weight is 1020 g/mol. The molecule has 0 aromatic carbocycles. The molecule has 8 amide bonds. The Balaban J connectivity index is 1.77. The first-order valence-corrected chi connectivity index (χ1v) is 26.0. The Morgan fingerprint density at radius 2 is 0.986 bits per heavy atom. The topological polar surface area (TPSA) is 386 Å². The number of nitrogens with one attached hydrogen (secondary N) is 5. The minimum Gasteiger partial charge on any atom is -0.480 e. The third kappa shape index (κ3) is 18.8. The number of carboxylic acids is 1. The number of likely N-dealkylation sites (tertiary alicyclic amines) is 3.